The zero-order valence-electron chi connectivity index (χ0n) is 6.71. The van der Waals surface area contributed by atoms with E-state index in [0.29, 0.717) is 12.0 Å². The summed E-state index contributed by atoms with van der Waals surface area (Å²) >= 11 is 1.85. The summed E-state index contributed by atoms with van der Waals surface area (Å²) in [6.45, 7) is 2.24. The van der Waals surface area contributed by atoms with Gasteiger partial charge in [-0.2, -0.15) is 0 Å². The molecule has 0 bridgehead atoms. The first-order valence-electron chi connectivity index (χ1n) is 4.11. The molecule has 0 amide bonds. The van der Waals surface area contributed by atoms with Crippen molar-refractivity contribution in [3.63, 3.8) is 0 Å². The Kier molecular flexibility index (Phi) is 1.74. The highest BCUT2D eigenvalue weighted by molar-refractivity contribution is 7.10. The molecule has 1 aromatic rings. The summed E-state index contributed by atoms with van der Waals surface area (Å²) in [6.07, 6.45) is 2.50. The molecule has 0 saturated carbocycles. The van der Waals surface area contributed by atoms with Gasteiger partial charge in [-0.15, -0.1) is 11.3 Å². The van der Waals surface area contributed by atoms with Crippen molar-refractivity contribution in [2.24, 2.45) is 11.7 Å². The second kappa shape index (κ2) is 2.61. The van der Waals surface area contributed by atoms with Gasteiger partial charge < -0.3 is 5.73 Å². The quantitative estimate of drug-likeness (QED) is 0.630. The fourth-order valence-corrected chi connectivity index (χ4v) is 2.65. The Labute approximate surface area is 71.2 Å². The van der Waals surface area contributed by atoms with E-state index in [1.807, 2.05) is 11.3 Å². The number of hydrogen-bond donors (Lipinski definition) is 1. The fourth-order valence-electron chi connectivity index (χ4n) is 1.70. The van der Waals surface area contributed by atoms with E-state index in [-0.39, 0.29) is 0 Å². The lowest BCUT2D eigenvalue weighted by Crippen LogP contribution is -2.23. The Morgan fingerprint density at radius 2 is 2.45 bits per heavy atom. The van der Waals surface area contributed by atoms with Crippen LogP contribution in [-0.4, -0.2) is 0 Å². The number of rotatable bonds is 0. The molecule has 1 aliphatic rings. The molecular weight excluding hydrogens is 154 g/mol. The van der Waals surface area contributed by atoms with Crippen LogP contribution in [0.4, 0.5) is 0 Å². The van der Waals surface area contributed by atoms with E-state index in [1.54, 1.807) is 0 Å². The van der Waals surface area contributed by atoms with E-state index >= 15 is 0 Å². The Morgan fingerprint density at radius 3 is 3.27 bits per heavy atom. The third-order valence-electron chi connectivity index (χ3n) is 2.58. The lowest BCUT2D eigenvalue weighted by Gasteiger charge is -2.25. The van der Waals surface area contributed by atoms with Crippen LogP contribution in [0.5, 0.6) is 0 Å². The second-order valence-corrected chi connectivity index (χ2v) is 4.34. The smallest absolute Gasteiger partial charge is 0.0332 e. The molecule has 2 atom stereocenters. The highest BCUT2D eigenvalue weighted by atomic mass is 32.1. The summed E-state index contributed by atoms with van der Waals surface area (Å²) in [6, 6.07) is 2.48. The van der Waals surface area contributed by atoms with Crippen LogP contribution >= 0.6 is 11.3 Å². The first kappa shape index (κ1) is 7.32. The third-order valence-corrected chi connectivity index (χ3v) is 3.58. The molecule has 0 fully saturated rings. The SMILES string of the molecule is CC1CCc2sccc2C1N. The summed E-state index contributed by atoms with van der Waals surface area (Å²) in [4.78, 5) is 1.51. The molecule has 60 valence electrons. The van der Waals surface area contributed by atoms with E-state index in [9.17, 15) is 0 Å². The first-order valence-corrected chi connectivity index (χ1v) is 4.99. The minimum Gasteiger partial charge on any atom is -0.324 e. The third kappa shape index (κ3) is 1.10. The van der Waals surface area contributed by atoms with E-state index in [4.69, 9.17) is 5.73 Å². The maximum absolute atomic E-state index is 6.04. The van der Waals surface area contributed by atoms with Gasteiger partial charge in [0.15, 0.2) is 0 Å². The van der Waals surface area contributed by atoms with Gasteiger partial charge in [0, 0.05) is 10.9 Å². The van der Waals surface area contributed by atoms with Crippen LogP contribution < -0.4 is 5.73 Å². The first-order chi connectivity index (χ1) is 5.29. The molecule has 2 N–H and O–H groups in total. The van der Waals surface area contributed by atoms with E-state index in [2.05, 4.69) is 18.4 Å². The zero-order chi connectivity index (χ0) is 7.84. The molecule has 1 heterocycles. The topological polar surface area (TPSA) is 26.0 Å². The van der Waals surface area contributed by atoms with Crippen LogP contribution in [0.25, 0.3) is 0 Å². The molecule has 1 aromatic heterocycles. The van der Waals surface area contributed by atoms with Gasteiger partial charge in [0.2, 0.25) is 0 Å². The average molecular weight is 167 g/mol. The van der Waals surface area contributed by atoms with Gasteiger partial charge in [0.1, 0.15) is 0 Å². The Hall–Kier alpha value is -0.340. The van der Waals surface area contributed by atoms with Gasteiger partial charge in [0.05, 0.1) is 0 Å². The standard InChI is InChI=1S/C9H13NS/c1-6-2-3-8-7(9(6)10)4-5-11-8/h4-6,9H,2-3,10H2,1H3. The van der Waals surface area contributed by atoms with Crippen molar-refractivity contribution in [3.8, 4) is 0 Å². The minimum atomic E-state index is 0.296. The fraction of sp³-hybridized carbons (Fsp3) is 0.556. The Morgan fingerprint density at radius 1 is 1.64 bits per heavy atom. The predicted molar refractivity (Wildman–Crippen MR) is 48.7 cm³/mol. The summed E-state index contributed by atoms with van der Waals surface area (Å²) in [5.41, 5.74) is 7.44. The van der Waals surface area contributed by atoms with Gasteiger partial charge in [-0.3, -0.25) is 0 Å². The molecule has 2 unspecified atom stereocenters. The molecule has 0 aliphatic heterocycles. The van der Waals surface area contributed by atoms with Crippen molar-refractivity contribution in [2.45, 2.75) is 25.8 Å². The minimum absolute atomic E-state index is 0.296. The van der Waals surface area contributed by atoms with Gasteiger partial charge in [0.25, 0.3) is 0 Å². The van der Waals surface area contributed by atoms with Gasteiger partial charge in [-0.05, 0) is 35.8 Å². The van der Waals surface area contributed by atoms with Crippen LogP contribution in [0.15, 0.2) is 11.4 Å². The van der Waals surface area contributed by atoms with Crippen molar-refractivity contribution in [2.75, 3.05) is 0 Å². The second-order valence-electron chi connectivity index (χ2n) is 3.34. The Balaban J connectivity index is 2.38. The maximum Gasteiger partial charge on any atom is 0.0332 e. The Bertz CT molecular complexity index is 254. The lowest BCUT2D eigenvalue weighted by molar-refractivity contribution is 0.416. The van der Waals surface area contributed by atoms with Crippen LogP contribution in [-0.2, 0) is 6.42 Å². The van der Waals surface area contributed by atoms with Crippen LogP contribution in [0.3, 0.4) is 0 Å². The zero-order valence-corrected chi connectivity index (χ0v) is 7.53. The van der Waals surface area contributed by atoms with Crippen LogP contribution in [0, 0.1) is 5.92 Å². The molecule has 0 radical (unpaired) electrons. The van der Waals surface area contributed by atoms with Crippen LogP contribution in [0.2, 0.25) is 0 Å². The number of thiophene rings is 1. The van der Waals surface area contributed by atoms with E-state index < -0.39 is 0 Å². The number of aryl methyl sites for hydroxylation is 1. The highest BCUT2D eigenvalue weighted by Gasteiger charge is 2.23. The molecule has 11 heavy (non-hydrogen) atoms. The van der Waals surface area contributed by atoms with Crippen molar-refractivity contribution in [3.05, 3.63) is 21.9 Å². The summed E-state index contributed by atoms with van der Waals surface area (Å²) in [7, 11) is 0. The summed E-state index contributed by atoms with van der Waals surface area (Å²) in [5.74, 6) is 0.664. The van der Waals surface area contributed by atoms with Gasteiger partial charge >= 0.3 is 0 Å². The largest absolute Gasteiger partial charge is 0.324 e. The number of fused-ring (bicyclic) bond motifs is 1. The molecule has 0 saturated heterocycles. The molecule has 2 rings (SSSR count). The van der Waals surface area contributed by atoms with E-state index in [1.165, 1.54) is 23.3 Å². The number of hydrogen-bond acceptors (Lipinski definition) is 2. The maximum atomic E-state index is 6.04. The molecular formula is C9H13NS. The number of nitrogens with two attached hydrogens (primary N) is 1. The normalized spacial score (nSPS) is 30.0. The van der Waals surface area contributed by atoms with E-state index in [0.717, 1.165) is 0 Å². The highest BCUT2D eigenvalue weighted by Crippen LogP contribution is 2.35. The molecule has 0 spiro atoms. The lowest BCUT2D eigenvalue weighted by atomic mass is 9.86. The van der Waals surface area contributed by atoms with Crippen molar-refractivity contribution in [1.29, 1.82) is 0 Å². The summed E-state index contributed by atoms with van der Waals surface area (Å²) < 4.78 is 0. The summed E-state index contributed by atoms with van der Waals surface area (Å²) in [5, 5.41) is 2.16. The molecule has 0 aromatic carbocycles. The van der Waals surface area contributed by atoms with Gasteiger partial charge in [-0.25, -0.2) is 0 Å². The van der Waals surface area contributed by atoms with Crippen molar-refractivity contribution in [1.82, 2.24) is 0 Å². The predicted octanol–water partition coefficient (Wildman–Crippen LogP) is 2.33. The van der Waals surface area contributed by atoms with Gasteiger partial charge in [-0.1, -0.05) is 6.92 Å². The molecule has 1 aliphatic carbocycles. The monoisotopic (exact) mass is 167 g/mol. The van der Waals surface area contributed by atoms with Crippen molar-refractivity contribution >= 4 is 11.3 Å². The van der Waals surface area contributed by atoms with Crippen LogP contribution in [0.1, 0.15) is 29.8 Å². The van der Waals surface area contributed by atoms with Crippen molar-refractivity contribution < 1.29 is 0 Å². The molecule has 2 heteroatoms. The molecule has 1 nitrogen and oxygen atoms in total. The average Bonchev–Trinajstić information content (AvgIpc) is 2.45.